The first-order chi connectivity index (χ1) is 20.6. The summed E-state index contributed by atoms with van der Waals surface area (Å²) in [7, 11) is -4.09. The fraction of sp³-hybridized carbons (Fsp3) is 0.429. The van der Waals surface area contributed by atoms with Gasteiger partial charge in [0.05, 0.1) is 10.6 Å². The van der Waals surface area contributed by atoms with E-state index < -0.39 is 28.5 Å². The minimum atomic E-state index is -4.09. The van der Waals surface area contributed by atoms with Crippen molar-refractivity contribution >= 4 is 27.5 Å². The molecule has 0 aliphatic heterocycles. The van der Waals surface area contributed by atoms with E-state index in [1.807, 2.05) is 64.1 Å². The average Bonchev–Trinajstić information content (AvgIpc) is 3.00. The smallest absolute Gasteiger partial charge is 0.264 e. The maximum absolute atomic E-state index is 14.3. The van der Waals surface area contributed by atoms with Crippen molar-refractivity contribution in [1.29, 1.82) is 0 Å². The fourth-order valence-corrected chi connectivity index (χ4v) is 7.09. The van der Waals surface area contributed by atoms with E-state index in [0.29, 0.717) is 25.1 Å². The molecule has 1 N–H and O–H groups in total. The number of aryl methyl sites for hydroxylation is 3. The Morgan fingerprint density at radius 2 is 1.56 bits per heavy atom. The number of benzene rings is 3. The molecule has 0 spiro atoms. The molecule has 0 saturated heterocycles. The summed E-state index contributed by atoms with van der Waals surface area (Å²) >= 11 is 0. The number of hydrogen-bond acceptors (Lipinski definition) is 4. The van der Waals surface area contributed by atoms with E-state index in [0.717, 1.165) is 47.9 Å². The molecule has 0 heterocycles. The molecule has 230 valence electrons. The number of nitrogens with one attached hydrogen (secondary N) is 1. The third-order valence-corrected chi connectivity index (χ3v) is 10.3. The molecule has 4 rings (SSSR count). The van der Waals surface area contributed by atoms with Crippen molar-refractivity contribution in [2.24, 2.45) is 0 Å². The Balaban J connectivity index is 1.68. The number of carbonyl (C=O) groups is 2. The van der Waals surface area contributed by atoms with Crippen LogP contribution in [0.15, 0.2) is 77.7 Å². The van der Waals surface area contributed by atoms with Crippen molar-refractivity contribution in [3.63, 3.8) is 0 Å². The molecule has 43 heavy (non-hydrogen) atoms. The van der Waals surface area contributed by atoms with E-state index in [2.05, 4.69) is 5.32 Å². The molecule has 0 unspecified atom stereocenters. The van der Waals surface area contributed by atoms with Crippen molar-refractivity contribution < 1.29 is 18.0 Å². The van der Waals surface area contributed by atoms with Gasteiger partial charge in [0.15, 0.2) is 0 Å². The van der Waals surface area contributed by atoms with Crippen molar-refractivity contribution in [2.75, 3.05) is 17.4 Å². The van der Waals surface area contributed by atoms with Crippen LogP contribution in [0, 0.1) is 20.8 Å². The lowest BCUT2D eigenvalue weighted by atomic mass is 9.95. The maximum Gasteiger partial charge on any atom is 0.264 e. The van der Waals surface area contributed by atoms with Crippen LogP contribution in [-0.2, 0) is 26.0 Å². The average molecular weight is 604 g/mol. The predicted molar refractivity (Wildman–Crippen MR) is 173 cm³/mol. The topological polar surface area (TPSA) is 86.8 Å². The highest BCUT2D eigenvalue weighted by molar-refractivity contribution is 7.92. The van der Waals surface area contributed by atoms with Gasteiger partial charge in [-0.05, 0) is 87.4 Å². The zero-order valence-electron chi connectivity index (χ0n) is 25.9. The second kappa shape index (κ2) is 14.7. The van der Waals surface area contributed by atoms with Crippen molar-refractivity contribution in [3.05, 3.63) is 95.1 Å². The van der Waals surface area contributed by atoms with Crippen LogP contribution in [0.1, 0.15) is 67.7 Å². The molecular formula is C35H45N3O4S. The number of hydrogen-bond donors (Lipinski definition) is 1. The van der Waals surface area contributed by atoms with E-state index in [1.165, 1.54) is 10.7 Å². The first-order valence-electron chi connectivity index (χ1n) is 15.4. The molecule has 1 fully saturated rings. The van der Waals surface area contributed by atoms with Gasteiger partial charge in [-0.2, -0.15) is 0 Å². The zero-order chi connectivity index (χ0) is 31.0. The van der Waals surface area contributed by atoms with Crippen LogP contribution in [0.5, 0.6) is 0 Å². The third kappa shape index (κ3) is 8.25. The summed E-state index contributed by atoms with van der Waals surface area (Å²) in [4.78, 5) is 29.6. The molecule has 3 aromatic carbocycles. The van der Waals surface area contributed by atoms with Crippen LogP contribution in [0.4, 0.5) is 5.69 Å². The Bertz CT molecular complexity index is 1480. The van der Waals surface area contributed by atoms with Gasteiger partial charge >= 0.3 is 0 Å². The van der Waals surface area contributed by atoms with Gasteiger partial charge in [0.1, 0.15) is 12.6 Å². The Labute approximate surface area is 257 Å². The van der Waals surface area contributed by atoms with Gasteiger partial charge in [-0.25, -0.2) is 8.42 Å². The summed E-state index contributed by atoms with van der Waals surface area (Å²) in [6.07, 6.45) is 6.20. The molecule has 1 saturated carbocycles. The standard InChI is InChI=1S/C35H45N3O4S/c1-5-33(35(40)36-30-14-10-7-11-15-30)37(23-22-29-12-8-6-9-13-29)34(39)25-38(31-19-18-27(3)28(4)24-31)43(41,42)32-20-16-26(2)17-21-32/h6,8-9,12-13,16-21,24,30,33H,5,7,10-11,14-15,22-23,25H2,1-4H3,(H,36,40)/t33-/m1/s1. The van der Waals surface area contributed by atoms with Crippen LogP contribution in [-0.4, -0.2) is 50.3 Å². The molecule has 7 nitrogen and oxygen atoms in total. The molecule has 2 amide bonds. The van der Waals surface area contributed by atoms with Crippen molar-refractivity contribution in [2.45, 2.75) is 89.6 Å². The van der Waals surface area contributed by atoms with E-state index in [-0.39, 0.29) is 16.8 Å². The lowest BCUT2D eigenvalue weighted by molar-refractivity contribution is -0.140. The summed E-state index contributed by atoms with van der Waals surface area (Å²) in [6.45, 7) is 7.57. The molecule has 0 bridgehead atoms. The molecule has 0 radical (unpaired) electrons. The first kappa shape index (κ1) is 32.3. The van der Waals surface area contributed by atoms with Gasteiger partial charge in [0.25, 0.3) is 10.0 Å². The largest absolute Gasteiger partial charge is 0.352 e. The third-order valence-electron chi connectivity index (χ3n) is 8.49. The Hall–Kier alpha value is -3.65. The Kier molecular flexibility index (Phi) is 11.0. The maximum atomic E-state index is 14.3. The van der Waals surface area contributed by atoms with Crippen LogP contribution < -0.4 is 9.62 Å². The van der Waals surface area contributed by atoms with Gasteiger partial charge < -0.3 is 10.2 Å². The quantitative estimate of drug-likeness (QED) is 0.271. The van der Waals surface area contributed by atoms with E-state index in [4.69, 9.17) is 0 Å². The van der Waals surface area contributed by atoms with Gasteiger partial charge in [-0.15, -0.1) is 0 Å². The van der Waals surface area contributed by atoms with Crippen LogP contribution in [0.2, 0.25) is 0 Å². The lowest BCUT2D eigenvalue weighted by Crippen LogP contribution is -2.54. The Morgan fingerprint density at radius 1 is 0.884 bits per heavy atom. The molecular weight excluding hydrogens is 558 g/mol. The summed E-state index contributed by atoms with van der Waals surface area (Å²) in [6, 6.07) is 21.3. The molecule has 1 atom stereocenters. The molecule has 1 aliphatic rings. The highest BCUT2D eigenvalue weighted by Gasteiger charge is 2.34. The second-order valence-electron chi connectivity index (χ2n) is 11.7. The van der Waals surface area contributed by atoms with Crippen molar-refractivity contribution in [1.82, 2.24) is 10.2 Å². The van der Waals surface area contributed by atoms with Gasteiger partial charge in [-0.1, -0.05) is 80.3 Å². The minimum absolute atomic E-state index is 0.107. The number of nitrogens with zero attached hydrogens (tertiary/aromatic N) is 2. The van der Waals surface area contributed by atoms with Gasteiger partial charge in [0, 0.05) is 12.6 Å². The Morgan fingerprint density at radius 3 is 2.19 bits per heavy atom. The summed E-state index contributed by atoms with van der Waals surface area (Å²) in [5.74, 6) is -0.578. The number of amides is 2. The summed E-state index contributed by atoms with van der Waals surface area (Å²) in [5, 5.41) is 3.20. The van der Waals surface area contributed by atoms with E-state index in [9.17, 15) is 18.0 Å². The van der Waals surface area contributed by atoms with E-state index in [1.54, 1.807) is 41.3 Å². The summed E-state index contributed by atoms with van der Waals surface area (Å²) < 4.78 is 29.4. The normalized spacial score (nSPS) is 14.6. The number of anilines is 1. The number of carbonyl (C=O) groups excluding carboxylic acids is 2. The van der Waals surface area contributed by atoms with Crippen LogP contribution in [0.3, 0.4) is 0 Å². The summed E-state index contributed by atoms with van der Waals surface area (Å²) in [5.41, 5.74) is 4.35. The molecule has 1 aliphatic carbocycles. The first-order valence-corrected chi connectivity index (χ1v) is 16.8. The van der Waals surface area contributed by atoms with Crippen LogP contribution in [0.25, 0.3) is 0 Å². The SMILES string of the molecule is CC[C@H](C(=O)NC1CCCCC1)N(CCc1ccccc1)C(=O)CN(c1ccc(C)c(C)c1)S(=O)(=O)c1ccc(C)cc1. The monoisotopic (exact) mass is 603 g/mol. The number of rotatable bonds is 12. The molecule has 8 heteroatoms. The second-order valence-corrected chi connectivity index (χ2v) is 13.5. The van der Waals surface area contributed by atoms with Crippen LogP contribution >= 0.6 is 0 Å². The number of sulfonamides is 1. The molecule has 3 aromatic rings. The predicted octanol–water partition coefficient (Wildman–Crippen LogP) is 6.11. The molecule has 0 aromatic heterocycles. The van der Waals surface area contributed by atoms with E-state index >= 15 is 0 Å². The minimum Gasteiger partial charge on any atom is -0.352 e. The van der Waals surface area contributed by atoms with Crippen molar-refractivity contribution in [3.8, 4) is 0 Å². The zero-order valence-corrected chi connectivity index (χ0v) is 26.7. The van der Waals surface area contributed by atoms with Gasteiger partial charge in [-0.3, -0.25) is 13.9 Å². The lowest BCUT2D eigenvalue weighted by Gasteiger charge is -2.34. The highest BCUT2D eigenvalue weighted by Crippen LogP contribution is 2.27. The van der Waals surface area contributed by atoms with Gasteiger partial charge in [0.2, 0.25) is 11.8 Å². The highest BCUT2D eigenvalue weighted by atomic mass is 32.2. The fourth-order valence-electron chi connectivity index (χ4n) is 5.69.